The normalized spacial score (nSPS) is 19.8. The molecule has 0 aliphatic carbocycles. The summed E-state index contributed by atoms with van der Waals surface area (Å²) < 4.78 is 0. The second kappa shape index (κ2) is 6.33. The summed E-state index contributed by atoms with van der Waals surface area (Å²) in [4.78, 5) is 6.99. The summed E-state index contributed by atoms with van der Waals surface area (Å²) in [5.41, 5.74) is 2.34. The number of fused-ring (bicyclic) bond motifs is 1. The lowest BCUT2D eigenvalue weighted by atomic mass is 10.1. The zero-order chi connectivity index (χ0) is 13.8. The van der Waals surface area contributed by atoms with E-state index in [1.54, 1.807) is 0 Å². The van der Waals surface area contributed by atoms with Crippen LogP contribution in [0.2, 0.25) is 0 Å². The van der Waals surface area contributed by atoms with E-state index in [0.29, 0.717) is 0 Å². The van der Waals surface area contributed by atoms with Crippen LogP contribution in [0.4, 0.5) is 0 Å². The molecule has 20 heavy (non-hydrogen) atoms. The summed E-state index contributed by atoms with van der Waals surface area (Å²) in [6.45, 7) is 3.26. The molecule has 1 aliphatic rings. The van der Waals surface area contributed by atoms with Gasteiger partial charge in [0.05, 0.1) is 5.52 Å². The highest BCUT2D eigenvalue weighted by Crippen LogP contribution is 2.17. The highest BCUT2D eigenvalue weighted by Gasteiger charge is 2.19. The number of nitrogens with zero attached hydrogens (tertiary/aromatic N) is 2. The van der Waals surface area contributed by atoms with E-state index in [4.69, 9.17) is 0 Å². The number of hydrogen-bond acceptors (Lipinski definition) is 3. The van der Waals surface area contributed by atoms with Gasteiger partial charge in [-0.25, -0.2) is 0 Å². The number of nitrogens with one attached hydrogen (secondary N) is 1. The first-order valence-electron chi connectivity index (χ1n) is 7.57. The predicted octanol–water partition coefficient (Wildman–Crippen LogP) is 2.81. The summed E-state index contributed by atoms with van der Waals surface area (Å²) in [5.74, 6) is 0. The van der Waals surface area contributed by atoms with E-state index in [2.05, 4.69) is 46.5 Å². The van der Waals surface area contributed by atoms with E-state index >= 15 is 0 Å². The Morgan fingerprint density at radius 1 is 1.35 bits per heavy atom. The number of rotatable bonds is 5. The minimum atomic E-state index is 0.775. The molecule has 1 atom stereocenters. The molecule has 0 amide bonds. The standard InChI is InChI=1S/C17H23N3/c1-20-10-4-6-16(20)8-9-18-12-14-11-15-5-2-3-7-17(15)19-13-14/h2-3,5,7,11,13,16,18H,4,6,8-10,12H2,1H3. The molecule has 1 fully saturated rings. The Balaban J connectivity index is 1.49. The first kappa shape index (κ1) is 13.5. The Morgan fingerprint density at radius 3 is 3.10 bits per heavy atom. The number of likely N-dealkylation sites (tertiary alicyclic amines) is 1. The van der Waals surface area contributed by atoms with Crippen molar-refractivity contribution in [2.45, 2.75) is 31.8 Å². The summed E-state index contributed by atoms with van der Waals surface area (Å²) in [7, 11) is 2.24. The molecule has 1 aromatic heterocycles. The average molecular weight is 269 g/mol. The maximum absolute atomic E-state index is 4.50. The van der Waals surface area contributed by atoms with E-state index in [1.807, 2.05) is 12.3 Å². The van der Waals surface area contributed by atoms with E-state index in [0.717, 1.165) is 24.6 Å². The molecular weight excluding hydrogens is 246 g/mol. The van der Waals surface area contributed by atoms with Gasteiger partial charge in [0.15, 0.2) is 0 Å². The molecule has 1 saturated heterocycles. The molecule has 1 N–H and O–H groups in total. The molecule has 0 bridgehead atoms. The Bertz CT molecular complexity index is 567. The van der Waals surface area contributed by atoms with Crippen molar-refractivity contribution >= 4 is 10.9 Å². The van der Waals surface area contributed by atoms with Crippen LogP contribution in [-0.4, -0.2) is 36.1 Å². The minimum absolute atomic E-state index is 0.775. The summed E-state index contributed by atoms with van der Waals surface area (Å²) in [6, 6.07) is 11.3. The van der Waals surface area contributed by atoms with Gasteiger partial charge in [0.25, 0.3) is 0 Å². The Morgan fingerprint density at radius 2 is 2.25 bits per heavy atom. The largest absolute Gasteiger partial charge is 0.313 e. The molecule has 1 unspecified atom stereocenters. The maximum atomic E-state index is 4.50. The highest BCUT2D eigenvalue weighted by molar-refractivity contribution is 5.78. The van der Waals surface area contributed by atoms with Crippen molar-refractivity contribution in [1.29, 1.82) is 0 Å². The third-order valence-electron chi connectivity index (χ3n) is 4.30. The van der Waals surface area contributed by atoms with Crippen LogP contribution < -0.4 is 5.32 Å². The van der Waals surface area contributed by atoms with Gasteiger partial charge in [0.2, 0.25) is 0 Å². The van der Waals surface area contributed by atoms with Crippen LogP contribution in [0.15, 0.2) is 36.5 Å². The van der Waals surface area contributed by atoms with Gasteiger partial charge in [-0.3, -0.25) is 4.98 Å². The maximum Gasteiger partial charge on any atom is 0.0702 e. The highest BCUT2D eigenvalue weighted by atomic mass is 15.1. The molecule has 3 rings (SSSR count). The van der Waals surface area contributed by atoms with E-state index in [-0.39, 0.29) is 0 Å². The zero-order valence-electron chi connectivity index (χ0n) is 12.2. The van der Waals surface area contributed by atoms with Gasteiger partial charge >= 0.3 is 0 Å². The number of aromatic nitrogens is 1. The minimum Gasteiger partial charge on any atom is -0.313 e. The quantitative estimate of drug-likeness (QED) is 0.846. The van der Waals surface area contributed by atoms with Gasteiger partial charge in [0, 0.05) is 24.2 Å². The van der Waals surface area contributed by atoms with Crippen molar-refractivity contribution in [3.05, 3.63) is 42.1 Å². The van der Waals surface area contributed by atoms with Gasteiger partial charge < -0.3 is 10.2 Å². The van der Waals surface area contributed by atoms with Gasteiger partial charge in [0.1, 0.15) is 0 Å². The summed E-state index contributed by atoms with van der Waals surface area (Å²) >= 11 is 0. The first-order valence-corrected chi connectivity index (χ1v) is 7.57. The fourth-order valence-corrected chi connectivity index (χ4v) is 3.06. The molecule has 0 radical (unpaired) electrons. The van der Waals surface area contributed by atoms with Gasteiger partial charge in [-0.15, -0.1) is 0 Å². The van der Waals surface area contributed by atoms with Gasteiger partial charge in [-0.2, -0.15) is 0 Å². The SMILES string of the molecule is CN1CCCC1CCNCc1cnc2ccccc2c1. The van der Waals surface area contributed by atoms with Crippen molar-refractivity contribution in [3.8, 4) is 0 Å². The molecule has 0 saturated carbocycles. The van der Waals surface area contributed by atoms with Gasteiger partial charge in [-0.1, -0.05) is 18.2 Å². The monoisotopic (exact) mass is 269 g/mol. The lowest BCUT2D eigenvalue weighted by Crippen LogP contribution is -2.29. The Kier molecular flexibility index (Phi) is 4.28. The van der Waals surface area contributed by atoms with E-state index in [9.17, 15) is 0 Å². The van der Waals surface area contributed by atoms with Crippen LogP contribution in [0.25, 0.3) is 10.9 Å². The van der Waals surface area contributed by atoms with Crippen molar-refractivity contribution in [3.63, 3.8) is 0 Å². The lowest BCUT2D eigenvalue weighted by Gasteiger charge is -2.19. The van der Waals surface area contributed by atoms with E-state index in [1.165, 1.54) is 36.8 Å². The van der Waals surface area contributed by atoms with E-state index < -0.39 is 0 Å². The third-order valence-corrected chi connectivity index (χ3v) is 4.30. The molecule has 3 heteroatoms. The molecule has 3 nitrogen and oxygen atoms in total. The van der Waals surface area contributed by atoms with Crippen LogP contribution >= 0.6 is 0 Å². The lowest BCUT2D eigenvalue weighted by molar-refractivity contribution is 0.293. The zero-order valence-corrected chi connectivity index (χ0v) is 12.2. The Labute approximate surface area is 121 Å². The second-order valence-electron chi connectivity index (χ2n) is 5.78. The number of pyridine rings is 1. The number of benzene rings is 1. The van der Waals surface area contributed by atoms with Crippen LogP contribution in [0, 0.1) is 0 Å². The predicted molar refractivity (Wildman–Crippen MR) is 83.7 cm³/mol. The van der Waals surface area contributed by atoms with Crippen LogP contribution in [0.3, 0.4) is 0 Å². The van der Waals surface area contributed by atoms with Crippen molar-refractivity contribution in [1.82, 2.24) is 15.2 Å². The third kappa shape index (κ3) is 3.17. The summed E-state index contributed by atoms with van der Waals surface area (Å²) in [6.07, 6.45) is 5.94. The molecule has 2 heterocycles. The molecular formula is C17H23N3. The smallest absolute Gasteiger partial charge is 0.0702 e. The molecule has 2 aromatic rings. The number of para-hydroxylation sites is 1. The average Bonchev–Trinajstić information content (AvgIpc) is 2.89. The van der Waals surface area contributed by atoms with Crippen molar-refractivity contribution in [2.24, 2.45) is 0 Å². The fourth-order valence-electron chi connectivity index (χ4n) is 3.06. The van der Waals surface area contributed by atoms with Crippen molar-refractivity contribution < 1.29 is 0 Å². The molecule has 0 spiro atoms. The first-order chi connectivity index (χ1) is 9.83. The fraction of sp³-hybridized carbons (Fsp3) is 0.471. The number of hydrogen-bond donors (Lipinski definition) is 1. The van der Waals surface area contributed by atoms with Crippen LogP contribution in [0.1, 0.15) is 24.8 Å². The van der Waals surface area contributed by atoms with Gasteiger partial charge in [-0.05, 0) is 57.1 Å². The van der Waals surface area contributed by atoms with Crippen LogP contribution in [-0.2, 0) is 6.54 Å². The Hall–Kier alpha value is -1.45. The second-order valence-corrected chi connectivity index (χ2v) is 5.78. The molecule has 106 valence electrons. The van der Waals surface area contributed by atoms with Crippen LogP contribution in [0.5, 0.6) is 0 Å². The topological polar surface area (TPSA) is 28.2 Å². The summed E-state index contributed by atoms with van der Waals surface area (Å²) in [5, 5.41) is 4.77. The molecule has 1 aliphatic heterocycles. The molecule has 1 aromatic carbocycles. The van der Waals surface area contributed by atoms with Crippen molar-refractivity contribution in [2.75, 3.05) is 20.1 Å².